The highest BCUT2D eigenvalue weighted by molar-refractivity contribution is 5.81. The van der Waals surface area contributed by atoms with E-state index in [4.69, 9.17) is 0 Å². The zero-order valence-corrected chi connectivity index (χ0v) is 4.63. The van der Waals surface area contributed by atoms with E-state index in [0.717, 1.165) is 11.4 Å². The molecule has 0 amide bonds. The van der Waals surface area contributed by atoms with Crippen molar-refractivity contribution >= 4 is 17.7 Å². The molecule has 1 aliphatic rings. The highest BCUT2D eigenvalue weighted by Gasteiger charge is 2.04. The average molecular weight is 115 g/mol. The van der Waals surface area contributed by atoms with Crippen LogP contribution in [0.15, 0.2) is 23.2 Å². The molecule has 41 valence electrons. The number of hydrogen-bond donors (Lipinski definition) is 0. The van der Waals surface area contributed by atoms with Crippen LogP contribution in [0.1, 0.15) is 0 Å². The standard InChI is InChI=1S/C7H3N2/c1-2-4-7-6(3-1)8-5-9-7/h1,3-4H. The molecule has 0 aliphatic carbocycles. The first-order valence-electron chi connectivity index (χ1n) is 2.63. The predicted octanol–water partition coefficient (Wildman–Crippen LogP) is 1.27. The van der Waals surface area contributed by atoms with Crippen LogP contribution < -0.4 is 5.32 Å². The van der Waals surface area contributed by atoms with E-state index < -0.39 is 0 Å². The summed E-state index contributed by atoms with van der Waals surface area (Å²) in [5.74, 6) is 0. The van der Waals surface area contributed by atoms with E-state index in [-0.39, 0.29) is 0 Å². The van der Waals surface area contributed by atoms with Gasteiger partial charge in [0.1, 0.15) is 0 Å². The van der Waals surface area contributed by atoms with E-state index in [0.29, 0.717) is 0 Å². The summed E-state index contributed by atoms with van der Waals surface area (Å²) < 4.78 is 0. The molecule has 1 aromatic rings. The van der Waals surface area contributed by atoms with E-state index in [2.05, 4.69) is 22.7 Å². The Morgan fingerprint density at radius 1 is 1.33 bits per heavy atom. The van der Waals surface area contributed by atoms with Gasteiger partial charge >= 0.3 is 0 Å². The molecule has 0 aromatic heterocycles. The second-order valence-corrected chi connectivity index (χ2v) is 1.74. The fourth-order valence-corrected chi connectivity index (χ4v) is 0.730. The normalized spacial score (nSPS) is 12.9. The lowest BCUT2D eigenvalue weighted by molar-refractivity contribution is 1.35. The molecule has 0 saturated carbocycles. The number of nitrogens with zero attached hydrogens (tertiary/aromatic N) is 2. The van der Waals surface area contributed by atoms with Crippen molar-refractivity contribution < 1.29 is 0 Å². The molecule has 1 aliphatic heterocycles. The van der Waals surface area contributed by atoms with Crippen molar-refractivity contribution in [2.75, 3.05) is 0 Å². The maximum atomic E-state index is 3.86. The molecule has 0 saturated heterocycles. The van der Waals surface area contributed by atoms with Gasteiger partial charge in [0, 0.05) is 0 Å². The molecule has 0 atom stereocenters. The summed E-state index contributed by atoms with van der Waals surface area (Å²) in [5.41, 5.74) is 1.74. The summed E-state index contributed by atoms with van der Waals surface area (Å²) in [6.45, 7) is 0. The van der Waals surface area contributed by atoms with Crippen LogP contribution in [0.3, 0.4) is 0 Å². The fraction of sp³-hybridized carbons (Fsp3) is 0. The summed E-state index contributed by atoms with van der Waals surface area (Å²) in [4.78, 5) is 3.86. The SMILES string of the molecule is [C]1=Nc2cc[c]cc2[N]1. The van der Waals surface area contributed by atoms with Crippen LogP contribution in [0.4, 0.5) is 11.4 Å². The second kappa shape index (κ2) is 1.58. The molecule has 0 spiro atoms. The quantitative estimate of drug-likeness (QED) is 0.487. The topological polar surface area (TPSA) is 26.5 Å². The number of hydrogen-bond acceptors (Lipinski definition) is 1. The van der Waals surface area contributed by atoms with Crippen molar-refractivity contribution in [2.45, 2.75) is 0 Å². The van der Waals surface area contributed by atoms with Crippen LogP contribution in [-0.4, -0.2) is 6.34 Å². The highest BCUT2D eigenvalue weighted by atomic mass is 15.0. The third-order valence-electron chi connectivity index (χ3n) is 1.16. The van der Waals surface area contributed by atoms with Gasteiger partial charge < -0.3 is 0 Å². The van der Waals surface area contributed by atoms with Gasteiger partial charge in [0.15, 0.2) is 6.34 Å². The molecule has 0 bridgehead atoms. The molecule has 9 heavy (non-hydrogen) atoms. The van der Waals surface area contributed by atoms with Gasteiger partial charge in [-0.15, -0.1) is 0 Å². The lowest BCUT2D eigenvalue weighted by Gasteiger charge is -1.89. The minimum atomic E-state index is 0.859. The van der Waals surface area contributed by atoms with Gasteiger partial charge in [-0.3, -0.25) is 0 Å². The molecule has 0 N–H and O–H groups in total. The van der Waals surface area contributed by atoms with Crippen LogP contribution in [0.2, 0.25) is 0 Å². The molecule has 2 heteroatoms. The van der Waals surface area contributed by atoms with Crippen molar-refractivity contribution in [3.8, 4) is 0 Å². The molecule has 0 fully saturated rings. The van der Waals surface area contributed by atoms with Crippen molar-refractivity contribution in [3.05, 3.63) is 24.3 Å². The Hall–Kier alpha value is -1.31. The maximum absolute atomic E-state index is 3.86. The number of aliphatic imine (C=N–C) groups is 1. The monoisotopic (exact) mass is 115 g/mol. The van der Waals surface area contributed by atoms with Crippen molar-refractivity contribution in [3.63, 3.8) is 0 Å². The fourth-order valence-electron chi connectivity index (χ4n) is 0.730. The third-order valence-corrected chi connectivity index (χ3v) is 1.16. The maximum Gasteiger partial charge on any atom is 0.199 e. The average Bonchev–Trinajstić information content (AvgIpc) is 2.33. The van der Waals surface area contributed by atoms with Gasteiger partial charge in [-0.2, -0.15) is 0 Å². The van der Waals surface area contributed by atoms with Crippen molar-refractivity contribution in [1.29, 1.82) is 0 Å². The highest BCUT2D eigenvalue weighted by Crippen LogP contribution is 2.26. The minimum absolute atomic E-state index is 0.859. The van der Waals surface area contributed by atoms with E-state index in [1.165, 1.54) is 0 Å². The second-order valence-electron chi connectivity index (χ2n) is 1.74. The Morgan fingerprint density at radius 3 is 3.22 bits per heavy atom. The summed E-state index contributed by atoms with van der Waals surface area (Å²) in [7, 11) is 0. The Balaban J connectivity index is 2.63. The molecule has 1 heterocycles. The Labute approximate surface area is 53.2 Å². The molecule has 1 aromatic carbocycles. The predicted molar refractivity (Wildman–Crippen MR) is 34.2 cm³/mol. The zero-order valence-electron chi connectivity index (χ0n) is 4.63. The Kier molecular flexibility index (Phi) is 0.803. The van der Waals surface area contributed by atoms with Crippen LogP contribution in [0.5, 0.6) is 0 Å². The van der Waals surface area contributed by atoms with Crippen LogP contribution in [0, 0.1) is 6.07 Å². The van der Waals surface area contributed by atoms with Gasteiger partial charge in [0.25, 0.3) is 0 Å². The van der Waals surface area contributed by atoms with E-state index in [1.807, 2.05) is 12.1 Å². The smallest absolute Gasteiger partial charge is 0.199 e. The molecule has 2 rings (SSSR count). The number of benzene rings is 1. The minimum Gasteiger partial charge on any atom is -0.224 e. The van der Waals surface area contributed by atoms with Crippen LogP contribution in [-0.2, 0) is 0 Å². The molecular weight excluding hydrogens is 112 g/mol. The molecule has 0 unspecified atom stereocenters. The van der Waals surface area contributed by atoms with E-state index in [1.54, 1.807) is 6.07 Å². The first kappa shape index (κ1) is 4.56. The zero-order chi connectivity index (χ0) is 6.10. The lowest BCUT2D eigenvalue weighted by Crippen LogP contribution is -1.83. The van der Waals surface area contributed by atoms with E-state index in [9.17, 15) is 0 Å². The summed E-state index contributed by atoms with van der Waals surface area (Å²) >= 11 is 0. The van der Waals surface area contributed by atoms with Crippen LogP contribution >= 0.6 is 0 Å². The lowest BCUT2D eigenvalue weighted by atomic mass is 10.3. The first-order valence-corrected chi connectivity index (χ1v) is 2.63. The van der Waals surface area contributed by atoms with Gasteiger partial charge in [-0.25, -0.2) is 10.3 Å². The molecular formula is C7H3N2. The summed E-state index contributed by atoms with van der Waals surface area (Å²) in [6.07, 6.45) is 2.52. The van der Waals surface area contributed by atoms with Gasteiger partial charge in [0.2, 0.25) is 0 Å². The summed E-state index contributed by atoms with van der Waals surface area (Å²) in [6, 6.07) is 8.36. The Morgan fingerprint density at radius 2 is 2.33 bits per heavy atom. The van der Waals surface area contributed by atoms with Crippen molar-refractivity contribution in [2.24, 2.45) is 4.99 Å². The van der Waals surface area contributed by atoms with E-state index >= 15 is 0 Å². The van der Waals surface area contributed by atoms with Gasteiger partial charge in [-0.1, -0.05) is 6.07 Å². The number of rotatable bonds is 0. The Bertz CT molecular complexity index is 253. The van der Waals surface area contributed by atoms with Crippen LogP contribution in [0.25, 0.3) is 0 Å². The largest absolute Gasteiger partial charge is 0.224 e. The van der Waals surface area contributed by atoms with Gasteiger partial charge in [0.05, 0.1) is 11.4 Å². The summed E-state index contributed by atoms with van der Waals surface area (Å²) in [5, 5.41) is 3.85. The first-order chi connectivity index (χ1) is 4.47. The van der Waals surface area contributed by atoms with Gasteiger partial charge in [-0.05, 0) is 18.2 Å². The molecule has 2 nitrogen and oxygen atoms in total. The third kappa shape index (κ3) is 0.598. The number of fused-ring (bicyclic) bond motifs is 1. The van der Waals surface area contributed by atoms with Crippen molar-refractivity contribution in [1.82, 2.24) is 5.32 Å². The molecule has 3 radical (unpaired) electrons.